The highest BCUT2D eigenvalue weighted by molar-refractivity contribution is 5.47. The van der Waals surface area contributed by atoms with Crippen LogP contribution in [-0.2, 0) is 6.42 Å². The molecule has 0 radical (unpaired) electrons. The fourth-order valence-corrected chi connectivity index (χ4v) is 2.87. The van der Waals surface area contributed by atoms with Crippen LogP contribution in [0, 0.1) is 0 Å². The Morgan fingerprint density at radius 1 is 1.21 bits per heavy atom. The van der Waals surface area contributed by atoms with Gasteiger partial charge in [-0.05, 0) is 25.7 Å². The largest absolute Gasteiger partial charge is 0.355 e. The van der Waals surface area contributed by atoms with Crippen LogP contribution in [0.3, 0.4) is 0 Å². The lowest BCUT2D eigenvalue weighted by molar-refractivity contribution is 0.750. The van der Waals surface area contributed by atoms with Gasteiger partial charge < -0.3 is 15.5 Å². The van der Waals surface area contributed by atoms with Crippen molar-refractivity contribution in [2.75, 3.05) is 36.0 Å². The van der Waals surface area contributed by atoms with Crippen molar-refractivity contribution in [2.24, 2.45) is 5.73 Å². The Labute approximate surface area is 114 Å². The number of aryl methyl sites for hydroxylation is 1. The Bertz CT molecular complexity index is 441. The van der Waals surface area contributed by atoms with E-state index in [9.17, 15) is 0 Å². The van der Waals surface area contributed by atoms with Crippen LogP contribution in [0.2, 0.25) is 0 Å². The van der Waals surface area contributed by atoms with E-state index >= 15 is 0 Å². The van der Waals surface area contributed by atoms with E-state index in [4.69, 9.17) is 10.7 Å². The van der Waals surface area contributed by atoms with Gasteiger partial charge in [0.25, 0.3) is 0 Å². The second kappa shape index (κ2) is 5.33. The first-order chi connectivity index (χ1) is 9.26. The molecule has 2 aliphatic heterocycles. The van der Waals surface area contributed by atoms with Gasteiger partial charge in [-0.3, -0.25) is 0 Å². The van der Waals surface area contributed by atoms with Gasteiger partial charge in [-0.25, -0.2) is 4.98 Å². The molecule has 1 atom stereocenters. The van der Waals surface area contributed by atoms with Crippen molar-refractivity contribution in [2.45, 2.75) is 38.6 Å². The fraction of sp³-hybridized carbons (Fsp3) is 0.714. The van der Waals surface area contributed by atoms with E-state index in [0.29, 0.717) is 0 Å². The first-order valence-electron chi connectivity index (χ1n) is 7.39. The quantitative estimate of drug-likeness (QED) is 0.885. The number of nitrogens with zero attached hydrogens (tertiary/aromatic N) is 4. The summed E-state index contributed by atoms with van der Waals surface area (Å²) >= 11 is 0. The lowest BCUT2D eigenvalue weighted by Gasteiger charge is -2.21. The Morgan fingerprint density at radius 3 is 2.63 bits per heavy atom. The zero-order valence-corrected chi connectivity index (χ0v) is 11.7. The normalized spacial score (nSPS) is 23.4. The molecule has 104 valence electrons. The third kappa shape index (κ3) is 2.66. The topological polar surface area (TPSA) is 58.3 Å². The van der Waals surface area contributed by atoms with E-state index in [1.165, 1.54) is 12.8 Å². The zero-order chi connectivity index (χ0) is 13.2. The maximum absolute atomic E-state index is 6.00. The number of rotatable bonds is 3. The fourth-order valence-electron chi connectivity index (χ4n) is 2.87. The summed E-state index contributed by atoms with van der Waals surface area (Å²) in [5.74, 6) is 1.97. The molecule has 1 aromatic rings. The lowest BCUT2D eigenvalue weighted by atomic mass is 10.3. The van der Waals surface area contributed by atoms with E-state index in [-0.39, 0.29) is 6.04 Å². The van der Waals surface area contributed by atoms with Crippen LogP contribution in [0.5, 0.6) is 0 Å². The minimum Gasteiger partial charge on any atom is -0.355 e. The van der Waals surface area contributed by atoms with Crippen LogP contribution in [0.15, 0.2) is 6.07 Å². The van der Waals surface area contributed by atoms with Crippen molar-refractivity contribution < 1.29 is 0 Å². The van der Waals surface area contributed by atoms with E-state index in [2.05, 4.69) is 27.8 Å². The van der Waals surface area contributed by atoms with Gasteiger partial charge in [-0.1, -0.05) is 6.92 Å². The molecule has 3 rings (SSSR count). The summed E-state index contributed by atoms with van der Waals surface area (Å²) in [7, 11) is 0. The van der Waals surface area contributed by atoms with Gasteiger partial charge >= 0.3 is 0 Å². The predicted molar refractivity (Wildman–Crippen MR) is 77.7 cm³/mol. The van der Waals surface area contributed by atoms with Crippen molar-refractivity contribution in [1.29, 1.82) is 0 Å². The summed E-state index contributed by atoms with van der Waals surface area (Å²) in [6.07, 6.45) is 4.52. The van der Waals surface area contributed by atoms with Gasteiger partial charge in [0, 0.05) is 44.0 Å². The highest BCUT2D eigenvalue weighted by atomic mass is 15.3. The van der Waals surface area contributed by atoms with Crippen LogP contribution in [0.4, 0.5) is 11.8 Å². The third-order valence-corrected chi connectivity index (χ3v) is 4.05. The molecule has 1 aromatic heterocycles. The first-order valence-corrected chi connectivity index (χ1v) is 7.39. The number of anilines is 2. The molecule has 0 spiro atoms. The molecule has 0 aromatic carbocycles. The molecule has 5 nitrogen and oxygen atoms in total. The Kier molecular flexibility index (Phi) is 3.55. The number of hydrogen-bond donors (Lipinski definition) is 1. The smallest absolute Gasteiger partial charge is 0.227 e. The summed E-state index contributed by atoms with van der Waals surface area (Å²) in [6, 6.07) is 2.41. The van der Waals surface area contributed by atoms with Crippen molar-refractivity contribution in [3.8, 4) is 0 Å². The number of aromatic nitrogens is 2. The van der Waals surface area contributed by atoms with Crippen molar-refractivity contribution >= 4 is 11.8 Å². The lowest BCUT2D eigenvalue weighted by Crippen LogP contribution is -2.28. The Morgan fingerprint density at radius 2 is 2.00 bits per heavy atom. The van der Waals surface area contributed by atoms with Crippen LogP contribution in [-0.4, -0.2) is 42.2 Å². The summed E-state index contributed by atoms with van der Waals surface area (Å²) in [4.78, 5) is 14.0. The van der Waals surface area contributed by atoms with Gasteiger partial charge in [-0.15, -0.1) is 0 Å². The van der Waals surface area contributed by atoms with E-state index in [1.54, 1.807) is 0 Å². The summed E-state index contributed by atoms with van der Waals surface area (Å²) < 4.78 is 0. The van der Waals surface area contributed by atoms with Crippen molar-refractivity contribution in [1.82, 2.24) is 9.97 Å². The van der Waals surface area contributed by atoms with Crippen molar-refractivity contribution in [3.05, 3.63) is 11.8 Å². The molecular formula is C14H23N5. The molecule has 2 N–H and O–H groups in total. The van der Waals surface area contributed by atoms with Crippen LogP contribution < -0.4 is 15.5 Å². The van der Waals surface area contributed by atoms with Crippen LogP contribution in [0.25, 0.3) is 0 Å². The highest BCUT2D eigenvalue weighted by Crippen LogP contribution is 2.23. The predicted octanol–water partition coefficient (Wildman–Crippen LogP) is 1.18. The number of nitrogens with two attached hydrogens (primary N) is 1. The van der Waals surface area contributed by atoms with E-state index < -0.39 is 0 Å². The summed E-state index contributed by atoms with van der Waals surface area (Å²) in [5, 5.41) is 0. The van der Waals surface area contributed by atoms with E-state index in [0.717, 1.165) is 56.5 Å². The molecule has 0 saturated carbocycles. The van der Waals surface area contributed by atoms with Gasteiger partial charge in [0.15, 0.2) is 0 Å². The highest BCUT2D eigenvalue weighted by Gasteiger charge is 2.23. The SMILES string of the molecule is CCc1cc(N2CCC(N)C2)nc(N2CCCC2)n1. The molecule has 5 heteroatoms. The van der Waals surface area contributed by atoms with Gasteiger partial charge in [0.1, 0.15) is 5.82 Å². The molecule has 1 unspecified atom stereocenters. The minimum atomic E-state index is 0.287. The van der Waals surface area contributed by atoms with Gasteiger partial charge in [0.2, 0.25) is 5.95 Å². The van der Waals surface area contributed by atoms with Crippen LogP contribution >= 0.6 is 0 Å². The van der Waals surface area contributed by atoms with Gasteiger partial charge in [0.05, 0.1) is 0 Å². The monoisotopic (exact) mass is 261 g/mol. The standard InChI is InChI=1S/C14H23N5/c1-2-12-9-13(19-8-5-11(15)10-19)17-14(16-12)18-6-3-4-7-18/h9,11H,2-8,10,15H2,1H3. The molecule has 2 fully saturated rings. The Hall–Kier alpha value is -1.36. The molecule has 2 saturated heterocycles. The molecule has 0 aliphatic carbocycles. The maximum atomic E-state index is 6.00. The Balaban J connectivity index is 1.88. The average Bonchev–Trinajstić information content (AvgIpc) is 3.09. The minimum absolute atomic E-state index is 0.287. The molecule has 2 aliphatic rings. The van der Waals surface area contributed by atoms with E-state index in [1.807, 2.05) is 0 Å². The third-order valence-electron chi connectivity index (χ3n) is 4.05. The summed E-state index contributed by atoms with van der Waals surface area (Å²) in [6.45, 7) is 6.26. The molecule has 0 amide bonds. The molecule has 3 heterocycles. The first kappa shape index (κ1) is 12.7. The summed E-state index contributed by atoms with van der Waals surface area (Å²) in [5.41, 5.74) is 7.13. The second-order valence-electron chi connectivity index (χ2n) is 5.56. The molecular weight excluding hydrogens is 238 g/mol. The van der Waals surface area contributed by atoms with Crippen molar-refractivity contribution in [3.63, 3.8) is 0 Å². The van der Waals surface area contributed by atoms with Gasteiger partial charge in [-0.2, -0.15) is 4.98 Å². The second-order valence-corrected chi connectivity index (χ2v) is 5.56. The molecule has 19 heavy (non-hydrogen) atoms. The van der Waals surface area contributed by atoms with Crippen LogP contribution in [0.1, 0.15) is 31.9 Å². The maximum Gasteiger partial charge on any atom is 0.227 e. The number of hydrogen-bond acceptors (Lipinski definition) is 5. The zero-order valence-electron chi connectivity index (χ0n) is 11.7. The average molecular weight is 261 g/mol. The molecule has 0 bridgehead atoms.